The van der Waals surface area contributed by atoms with Crippen molar-refractivity contribution in [3.8, 4) is 0 Å². The molecule has 3 atom stereocenters. The van der Waals surface area contributed by atoms with Crippen molar-refractivity contribution in [1.29, 1.82) is 0 Å². The Balaban J connectivity index is 1.62. The summed E-state index contributed by atoms with van der Waals surface area (Å²) in [5.74, 6) is -0.182. The molecule has 0 saturated carbocycles. The summed E-state index contributed by atoms with van der Waals surface area (Å²) in [4.78, 5) is 4.57. The monoisotopic (exact) mass is 322 g/mol. The Morgan fingerprint density at radius 1 is 1.30 bits per heavy atom. The zero-order valence-corrected chi connectivity index (χ0v) is 14.1. The first-order valence-electron chi connectivity index (χ1n) is 8.50. The minimum absolute atomic E-state index is 0.140. The molecule has 0 spiro atoms. The molecule has 0 radical (unpaired) electrons. The highest BCUT2D eigenvalue weighted by Crippen LogP contribution is 2.31. The molecule has 0 amide bonds. The quantitative estimate of drug-likeness (QED) is 0.801. The Kier molecular flexibility index (Phi) is 5.64. The van der Waals surface area contributed by atoms with Crippen LogP contribution in [0.15, 0.2) is 24.3 Å². The number of likely N-dealkylation sites (tertiary alicyclic amines) is 1. The van der Waals surface area contributed by atoms with Gasteiger partial charge in [-0.1, -0.05) is 12.1 Å². The van der Waals surface area contributed by atoms with Crippen molar-refractivity contribution < 1.29 is 13.9 Å². The third kappa shape index (κ3) is 4.29. The second-order valence-electron chi connectivity index (χ2n) is 6.81. The Bertz CT molecular complexity index is 494. The summed E-state index contributed by atoms with van der Waals surface area (Å²) < 4.78 is 25.2. The summed E-state index contributed by atoms with van der Waals surface area (Å²) in [6.07, 6.45) is 2.57. The third-order valence-electron chi connectivity index (χ3n) is 4.75. The van der Waals surface area contributed by atoms with Gasteiger partial charge in [0, 0.05) is 32.3 Å². The second-order valence-corrected chi connectivity index (χ2v) is 6.81. The predicted octanol–water partition coefficient (Wildman–Crippen LogP) is 2.14. The third-order valence-corrected chi connectivity index (χ3v) is 4.75. The highest BCUT2D eigenvalue weighted by Gasteiger charge is 2.44. The van der Waals surface area contributed by atoms with Gasteiger partial charge >= 0.3 is 0 Å². The van der Waals surface area contributed by atoms with Gasteiger partial charge < -0.3 is 14.4 Å². The lowest BCUT2D eigenvalue weighted by molar-refractivity contribution is -0.0787. The summed E-state index contributed by atoms with van der Waals surface area (Å²) in [5, 5.41) is 0. The Morgan fingerprint density at radius 3 is 2.83 bits per heavy atom. The van der Waals surface area contributed by atoms with E-state index in [1.807, 2.05) is 12.1 Å². The summed E-state index contributed by atoms with van der Waals surface area (Å²) in [6.45, 7) is 4.21. The van der Waals surface area contributed by atoms with Gasteiger partial charge in [0.2, 0.25) is 0 Å². The van der Waals surface area contributed by atoms with Gasteiger partial charge in [0.1, 0.15) is 11.9 Å². The van der Waals surface area contributed by atoms with Crippen LogP contribution in [0.5, 0.6) is 0 Å². The zero-order chi connectivity index (χ0) is 16.2. The maximum Gasteiger partial charge on any atom is 0.123 e. The Morgan fingerprint density at radius 2 is 2.09 bits per heavy atom. The fourth-order valence-corrected chi connectivity index (χ4v) is 3.54. The Hall–Kier alpha value is -1.01. The fraction of sp³-hybridized carbons (Fsp3) is 0.667. The van der Waals surface area contributed by atoms with Gasteiger partial charge in [-0.05, 0) is 44.6 Å². The minimum atomic E-state index is -0.182. The summed E-state index contributed by atoms with van der Waals surface area (Å²) in [6, 6.07) is 7.22. The van der Waals surface area contributed by atoms with Gasteiger partial charge in [0.05, 0.1) is 12.7 Å². The van der Waals surface area contributed by atoms with Crippen molar-refractivity contribution in [1.82, 2.24) is 9.80 Å². The summed E-state index contributed by atoms with van der Waals surface area (Å²) in [7, 11) is 4.11. The Labute approximate surface area is 138 Å². The first-order chi connectivity index (χ1) is 11.1. The largest absolute Gasteiger partial charge is 0.374 e. The molecule has 3 rings (SSSR count). The maximum absolute atomic E-state index is 13.1. The molecule has 0 bridgehead atoms. The number of benzene rings is 1. The lowest BCUT2D eigenvalue weighted by Gasteiger charge is -2.32. The van der Waals surface area contributed by atoms with Crippen LogP contribution in [0.25, 0.3) is 0 Å². The number of hydrogen-bond donors (Lipinski definition) is 0. The SMILES string of the molecule is CN(C)CCO[C@H]1CN(Cc2ccc(F)cc2)[C@@H]2CCCO[C@H]12. The molecule has 5 heteroatoms. The van der Waals surface area contributed by atoms with Gasteiger partial charge in [-0.15, -0.1) is 0 Å². The van der Waals surface area contributed by atoms with E-state index in [0.717, 1.165) is 51.3 Å². The van der Waals surface area contributed by atoms with Crippen LogP contribution in [0.4, 0.5) is 4.39 Å². The smallest absolute Gasteiger partial charge is 0.123 e. The first kappa shape index (κ1) is 16.8. The standard InChI is InChI=1S/C18H27FN2O2/c1-20(2)9-11-22-17-13-21(16-4-3-10-23-18(16)17)12-14-5-7-15(19)8-6-14/h5-8,16-18H,3-4,9-13H2,1-2H3/t16-,17+,18+/m1/s1. The number of hydrogen-bond acceptors (Lipinski definition) is 4. The molecule has 2 fully saturated rings. The second kappa shape index (κ2) is 7.71. The van der Waals surface area contributed by atoms with Gasteiger partial charge in [-0.3, -0.25) is 4.90 Å². The van der Waals surface area contributed by atoms with Gasteiger partial charge in [-0.2, -0.15) is 0 Å². The number of halogens is 1. The van der Waals surface area contributed by atoms with Crippen molar-refractivity contribution in [3.05, 3.63) is 35.6 Å². The van der Waals surface area contributed by atoms with Gasteiger partial charge in [0.15, 0.2) is 0 Å². The van der Waals surface area contributed by atoms with E-state index in [1.165, 1.54) is 12.1 Å². The molecule has 0 aromatic heterocycles. The van der Waals surface area contributed by atoms with Crippen molar-refractivity contribution in [3.63, 3.8) is 0 Å². The lowest BCUT2D eigenvalue weighted by Crippen LogP contribution is -2.42. The number of likely N-dealkylation sites (N-methyl/N-ethyl adjacent to an activating group) is 1. The van der Waals surface area contributed by atoms with Crippen molar-refractivity contribution >= 4 is 0 Å². The molecule has 2 aliphatic heterocycles. The predicted molar refractivity (Wildman–Crippen MR) is 87.9 cm³/mol. The van der Waals surface area contributed by atoms with Crippen LogP contribution in [0.2, 0.25) is 0 Å². The first-order valence-corrected chi connectivity index (χ1v) is 8.50. The normalized spacial score (nSPS) is 28.3. The maximum atomic E-state index is 13.1. The number of nitrogens with zero attached hydrogens (tertiary/aromatic N) is 2. The molecule has 2 saturated heterocycles. The van der Waals surface area contributed by atoms with Crippen LogP contribution in [0.3, 0.4) is 0 Å². The van der Waals surface area contributed by atoms with Crippen LogP contribution in [0, 0.1) is 5.82 Å². The van der Waals surface area contributed by atoms with Crippen molar-refractivity contribution in [2.45, 2.75) is 37.6 Å². The van der Waals surface area contributed by atoms with Crippen molar-refractivity contribution in [2.75, 3.05) is 40.4 Å². The molecule has 1 aromatic rings. The molecule has 0 N–H and O–H groups in total. The lowest BCUT2D eigenvalue weighted by atomic mass is 10.0. The average Bonchev–Trinajstić information content (AvgIpc) is 2.88. The van der Waals surface area contributed by atoms with Crippen LogP contribution in [0.1, 0.15) is 18.4 Å². The van der Waals surface area contributed by atoms with Gasteiger partial charge in [0.25, 0.3) is 0 Å². The van der Waals surface area contributed by atoms with E-state index in [0.29, 0.717) is 6.04 Å². The highest BCUT2D eigenvalue weighted by atomic mass is 19.1. The highest BCUT2D eigenvalue weighted by molar-refractivity contribution is 5.16. The molecule has 0 unspecified atom stereocenters. The van der Waals surface area contributed by atoms with Crippen molar-refractivity contribution in [2.24, 2.45) is 0 Å². The summed E-state index contributed by atoms with van der Waals surface area (Å²) >= 11 is 0. The molecule has 1 aromatic carbocycles. The molecule has 0 aliphatic carbocycles. The van der Waals surface area contributed by atoms with E-state index in [2.05, 4.69) is 23.9 Å². The molecule has 128 valence electrons. The van der Waals surface area contributed by atoms with E-state index < -0.39 is 0 Å². The number of ether oxygens (including phenoxy) is 2. The average molecular weight is 322 g/mol. The molecule has 2 aliphatic rings. The number of fused-ring (bicyclic) bond motifs is 1. The topological polar surface area (TPSA) is 24.9 Å². The van der Waals surface area contributed by atoms with E-state index in [9.17, 15) is 4.39 Å². The zero-order valence-electron chi connectivity index (χ0n) is 14.1. The van der Waals surface area contributed by atoms with E-state index in [1.54, 1.807) is 0 Å². The molecule has 2 heterocycles. The van der Waals surface area contributed by atoms with E-state index in [4.69, 9.17) is 9.47 Å². The molecular formula is C18H27FN2O2. The van der Waals surface area contributed by atoms with E-state index >= 15 is 0 Å². The van der Waals surface area contributed by atoms with Crippen LogP contribution < -0.4 is 0 Å². The van der Waals surface area contributed by atoms with E-state index in [-0.39, 0.29) is 18.0 Å². The molecule has 4 nitrogen and oxygen atoms in total. The number of rotatable bonds is 6. The van der Waals surface area contributed by atoms with Crippen LogP contribution in [-0.2, 0) is 16.0 Å². The molecule has 23 heavy (non-hydrogen) atoms. The molecular weight excluding hydrogens is 295 g/mol. The van der Waals surface area contributed by atoms with Crippen LogP contribution in [-0.4, -0.2) is 68.4 Å². The minimum Gasteiger partial charge on any atom is -0.374 e. The van der Waals surface area contributed by atoms with Gasteiger partial charge in [-0.25, -0.2) is 4.39 Å². The fourth-order valence-electron chi connectivity index (χ4n) is 3.54. The summed E-state index contributed by atoms with van der Waals surface area (Å²) in [5.41, 5.74) is 1.14. The van der Waals surface area contributed by atoms with Crippen LogP contribution >= 0.6 is 0 Å².